The van der Waals surface area contributed by atoms with Crippen LogP contribution in [0.15, 0.2) is 55.2 Å². The lowest BCUT2D eigenvalue weighted by Crippen LogP contribution is -2.49. The van der Waals surface area contributed by atoms with Crippen molar-refractivity contribution in [2.24, 2.45) is 5.92 Å². The molecule has 35 heavy (non-hydrogen) atoms. The minimum atomic E-state index is -0.381. The number of carbonyl (C=O) groups is 1. The van der Waals surface area contributed by atoms with Gasteiger partial charge < -0.3 is 14.7 Å². The van der Waals surface area contributed by atoms with Crippen LogP contribution in [-0.4, -0.2) is 74.7 Å². The molecule has 1 aromatic carbocycles. The zero-order valence-electron chi connectivity index (χ0n) is 20.1. The van der Waals surface area contributed by atoms with E-state index in [-0.39, 0.29) is 42.3 Å². The van der Waals surface area contributed by atoms with Gasteiger partial charge in [0.1, 0.15) is 23.8 Å². The molecule has 2 aromatic heterocycles. The van der Waals surface area contributed by atoms with Crippen LogP contribution in [0.5, 0.6) is 5.88 Å². The molecule has 0 saturated carbocycles. The Kier molecular flexibility index (Phi) is 7.67. The van der Waals surface area contributed by atoms with E-state index in [0.717, 1.165) is 5.56 Å². The summed E-state index contributed by atoms with van der Waals surface area (Å²) in [7, 11) is 1.99. The molecule has 4 rings (SSSR count). The van der Waals surface area contributed by atoms with Crippen molar-refractivity contribution in [3.8, 4) is 17.0 Å². The number of benzene rings is 1. The van der Waals surface area contributed by atoms with Crippen molar-refractivity contribution in [3.63, 3.8) is 0 Å². The maximum atomic E-state index is 13.8. The molecule has 1 aliphatic heterocycles. The summed E-state index contributed by atoms with van der Waals surface area (Å²) in [6.07, 6.45) is 6.38. The van der Waals surface area contributed by atoms with Gasteiger partial charge in [0.2, 0.25) is 5.88 Å². The molecular formula is C26H30FN5O3. The van der Waals surface area contributed by atoms with Gasteiger partial charge in [0, 0.05) is 55.3 Å². The molecule has 0 saturated heterocycles. The van der Waals surface area contributed by atoms with Crippen LogP contribution >= 0.6 is 0 Å². The second kappa shape index (κ2) is 10.9. The van der Waals surface area contributed by atoms with E-state index in [2.05, 4.69) is 19.9 Å². The second-order valence-electron chi connectivity index (χ2n) is 9.15. The fraction of sp³-hybridized carbons (Fsp3) is 0.385. The first-order chi connectivity index (χ1) is 16.9. The molecule has 1 amide bonds. The third-order valence-corrected chi connectivity index (χ3v) is 6.24. The molecule has 3 aromatic rings. The average Bonchev–Trinajstić information content (AvgIpc) is 2.86. The van der Waals surface area contributed by atoms with Gasteiger partial charge in [-0.2, -0.15) is 0 Å². The van der Waals surface area contributed by atoms with E-state index < -0.39 is 0 Å². The van der Waals surface area contributed by atoms with Crippen molar-refractivity contribution in [1.29, 1.82) is 0 Å². The molecule has 0 unspecified atom stereocenters. The van der Waals surface area contributed by atoms with Gasteiger partial charge in [0.25, 0.3) is 5.91 Å². The molecule has 1 N–H and O–H groups in total. The summed E-state index contributed by atoms with van der Waals surface area (Å²) < 4.78 is 20.1. The number of pyridine rings is 1. The number of hydrogen-bond donors (Lipinski definition) is 1. The highest BCUT2D eigenvalue weighted by molar-refractivity contribution is 5.98. The molecule has 3 atom stereocenters. The van der Waals surface area contributed by atoms with Crippen LogP contribution in [0.1, 0.15) is 29.8 Å². The molecule has 0 aliphatic carbocycles. The Bertz CT molecular complexity index is 1160. The van der Waals surface area contributed by atoms with Gasteiger partial charge in [-0.05, 0) is 37.7 Å². The van der Waals surface area contributed by atoms with E-state index in [9.17, 15) is 14.3 Å². The number of aliphatic hydroxyl groups is 1. The Labute approximate surface area is 204 Å². The van der Waals surface area contributed by atoms with Gasteiger partial charge >= 0.3 is 0 Å². The Morgan fingerprint density at radius 1 is 1.23 bits per heavy atom. The lowest BCUT2D eigenvalue weighted by molar-refractivity contribution is 0.0325. The zero-order valence-corrected chi connectivity index (χ0v) is 20.1. The quantitative estimate of drug-likeness (QED) is 0.557. The minimum absolute atomic E-state index is 0.0275. The molecule has 0 fully saturated rings. The number of ether oxygens (including phenoxy) is 1. The number of halogens is 1. The largest absolute Gasteiger partial charge is 0.472 e. The summed E-state index contributed by atoms with van der Waals surface area (Å²) >= 11 is 0. The molecule has 8 nitrogen and oxygen atoms in total. The van der Waals surface area contributed by atoms with Crippen molar-refractivity contribution in [3.05, 3.63) is 72.2 Å². The van der Waals surface area contributed by atoms with Gasteiger partial charge in [-0.3, -0.25) is 9.69 Å². The van der Waals surface area contributed by atoms with Crippen molar-refractivity contribution in [1.82, 2.24) is 24.8 Å². The molecular weight excluding hydrogens is 449 g/mol. The Balaban J connectivity index is 1.66. The maximum absolute atomic E-state index is 13.8. The van der Waals surface area contributed by atoms with Crippen LogP contribution in [0.25, 0.3) is 11.1 Å². The first kappa shape index (κ1) is 24.7. The van der Waals surface area contributed by atoms with E-state index in [1.54, 1.807) is 41.7 Å². The van der Waals surface area contributed by atoms with Crippen molar-refractivity contribution >= 4 is 5.91 Å². The first-order valence-electron chi connectivity index (χ1n) is 11.6. The maximum Gasteiger partial charge on any atom is 0.259 e. The monoisotopic (exact) mass is 479 g/mol. The highest BCUT2D eigenvalue weighted by Gasteiger charge is 2.34. The number of rotatable bonds is 7. The van der Waals surface area contributed by atoms with Gasteiger partial charge in [0.05, 0.1) is 12.6 Å². The van der Waals surface area contributed by atoms with E-state index in [1.165, 1.54) is 18.5 Å². The number of hydrogen-bond acceptors (Lipinski definition) is 7. The molecule has 3 heterocycles. The van der Waals surface area contributed by atoms with E-state index in [0.29, 0.717) is 36.3 Å². The fourth-order valence-electron chi connectivity index (χ4n) is 4.24. The first-order valence-corrected chi connectivity index (χ1v) is 11.6. The van der Waals surface area contributed by atoms with Crippen molar-refractivity contribution in [2.45, 2.75) is 32.5 Å². The van der Waals surface area contributed by atoms with Gasteiger partial charge in [-0.15, -0.1) is 0 Å². The van der Waals surface area contributed by atoms with Crippen molar-refractivity contribution in [2.75, 3.05) is 26.7 Å². The van der Waals surface area contributed by atoms with Crippen LogP contribution < -0.4 is 4.74 Å². The average molecular weight is 480 g/mol. The number of aromatic nitrogens is 3. The Morgan fingerprint density at radius 3 is 2.71 bits per heavy atom. The molecule has 9 heteroatoms. The summed E-state index contributed by atoms with van der Waals surface area (Å²) in [6, 6.07) is 7.46. The van der Waals surface area contributed by atoms with Gasteiger partial charge in [-0.25, -0.2) is 19.3 Å². The fourth-order valence-corrected chi connectivity index (χ4v) is 4.24. The Hall–Kier alpha value is -3.43. The SMILES string of the molecule is C[C@@H]1CN([C@@H](C)CO)C(=O)c2cc(-c3cccc(F)c3)cnc2O[C@@H]1CN(C)Cc1cncnc1. The van der Waals surface area contributed by atoms with E-state index in [4.69, 9.17) is 4.74 Å². The summed E-state index contributed by atoms with van der Waals surface area (Å²) in [5.41, 5.74) is 2.51. The predicted octanol–water partition coefficient (Wildman–Crippen LogP) is 3.03. The number of aliphatic hydroxyl groups excluding tert-OH is 1. The van der Waals surface area contributed by atoms with Crippen LogP contribution in [0.4, 0.5) is 4.39 Å². The number of nitrogens with zero attached hydrogens (tertiary/aromatic N) is 5. The summed E-state index contributed by atoms with van der Waals surface area (Å²) in [6.45, 7) is 5.31. The zero-order chi connectivity index (χ0) is 24.9. The topological polar surface area (TPSA) is 91.7 Å². The molecule has 0 radical (unpaired) electrons. The molecule has 1 aliphatic rings. The molecule has 0 spiro atoms. The third kappa shape index (κ3) is 5.80. The number of carbonyl (C=O) groups excluding carboxylic acids is 1. The van der Waals surface area contributed by atoms with Crippen LogP contribution in [0.2, 0.25) is 0 Å². The van der Waals surface area contributed by atoms with Crippen LogP contribution in [0, 0.1) is 11.7 Å². The standard InChI is InChI=1S/C26H30FN5O3/c1-17-12-32(18(2)15-33)26(34)23-8-21(20-5-4-6-22(27)7-20)11-30-25(23)35-24(17)14-31(3)13-19-9-28-16-29-10-19/h4-11,16-18,24,33H,12-15H2,1-3H3/t17-,18+,24-/m1/s1. The van der Waals surface area contributed by atoms with Crippen molar-refractivity contribution < 1.29 is 19.0 Å². The normalized spacial score (nSPS) is 19.0. The highest BCUT2D eigenvalue weighted by Crippen LogP contribution is 2.30. The lowest BCUT2D eigenvalue weighted by atomic mass is 9.99. The minimum Gasteiger partial charge on any atom is -0.472 e. The second-order valence-corrected chi connectivity index (χ2v) is 9.15. The number of amides is 1. The lowest BCUT2D eigenvalue weighted by Gasteiger charge is -2.37. The van der Waals surface area contributed by atoms with Gasteiger partial charge in [0.15, 0.2) is 0 Å². The summed E-state index contributed by atoms with van der Waals surface area (Å²) in [4.78, 5) is 30.0. The summed E-state index contributed by atoms with van der Waals surface area (Å²) in [5.74, 6) is -0.431. The third-order valence-electron chi connectivity index (χ3n) is 6.24. The van der Waals surface area contributed by atoms with E-state index >= 15 is 0 Å². The Morgan fingerprint density at radius 2 is 2.00 bits per heavy atom. The molecule has 0 bridgehead atoms. The smallest absolute Gasteiger partial charge is 0.259 e. The number of fused-ring (bicyclic) bond motifs is 1. The predicted molar refractivity (Wildman–Crippen MR) is 129 cm³/mol. The number of likely N-dealkylation sites (N-methyl/N-ethyl adjacent to an activating group) is 1. The molecule has 184 valence electrons. The van der Waals surface area contributed by atoms with Gasteiger partial charge in [-0.1, -0.05) is 19.1 Å². The van der Waals surface area contributed by atoms with E-state index in [1.807, 2.05) is 20.9 Å². The summed E-state index contributed by atoms with van der Waals surface area (Å²) in [5, 5.41) is 9.84. The highest BCUT2D eigenvalue weighted by atomic mass is 19.1. The van der Waals surface area contributed by atoms with Crippen LogP contribution in [-0.2, 0) is 6.54 Å². The van der Waals surface area contributed by atoms with Crippen LogP contribution in [0.3, 0.4) is 0 Å².